The molecular weight excluding hydrogens is 1740 g/mol. The van der Waals surface area contributed by atoms with Crippen LogP contribution in [0.15, 0.2) is 157 Å². The number of carbonyl (C=O) groups excluding carboxylic acids is 9. The zero-order chi connectivity index (χ0) is 97.6. The van der Waals surface area contributed by atoms with Gasteiger partial charge in [0.2, 0.25) is 0 Å². The van der Waals surface area contributed by atoms with Crippen LogP contribution >= 0.6 is 11.3 Å². The Kier molecular flexibility index (Phi) is 39.4. The number of Topliss-reactive ketones (excluding diaryl/α,β-unsaturated/α-hetero) is 1. The summed E-state index contributed by atoms with van der Waals surface area (Å²) >= 11 is 1.62. The summed E-state index contributed by atoms with van der Waals surface area (Å²) < 4.78 is 25.0. The molecule has 15 rings (SSSR count). The fraction of sp³-hybridized carbons (Fsp3) is 0.545. The molecule has 5 amide bonds. The van der Waals surface area contributed by atoms with E-state index in [1.54, 1.807) is 52.6 Å². The molecule has 1 aromatic heterocycles. The number of ketones is 1. The highest BCUT2D eigenvalue weighted by Gasteiger charge is 2.44. The van der Waals surface area contributed by atoms with Crippen molar-refractivity contribution in [2.75, 3.05) is 92.1 Å². The quantitative estimate of drug-likeness (QED) is 0.0209. The fourth-order valence-electron chi connectivity index (χ4n) is 19.8. The highest BCUT2D eigenvalue weighted by atomic mass is 32.1. The Hall–Kier alpha value is -10.6. The number of ether oxygens (including phenoxy) is 5. The lowest BCUT2D eigenvalue weighted by molar-refractivity contribution is -0.156. The standard InChI is InChI=1S/C36H44N2O5S.C21H29NO4.C20H27NO4.C19H27NO4.C14H19NO2/c1-35(2,3)43-34(41)37-30-14-13-28(32-8-7-21-44-32)23-29(30)24-31(39)27-11-9-25(10-12-27)22-26-15-19-38(20-16-26)33(40)36(42)17-5-4-6-18-36;1-26-19(23)18-7-5-16(6-8-18)15-17-9-13-22(14-10-17)20(24)21(25)11-3-2-4-12-21;22-18(23)17-6-4-15(5-7-17)14-16-8-12-21(13-9-16)19(24)20(25)10-2-1-3-11-20;1-19(2,3)24-18(22)20-11-9-15(10-12-20)13-14-5-7-16(8-6-14)17(21)23-4;1-17-14(16)13-4-2-11(3-5-13)10-12-6-8-15-9-7-12/h7-14,21,23,26,42H,4-6,15-20,22,24H2,1-3H3,(H,37,41);5-8,17,25H,2-4,9-15H2,1H3;4-7,16,25H,1-3,8-14H2,(H,22,23);5-8,15H,9-13H2,1-4H3;2-5,12,15H,6-10H2,1H3. The Bertz CT molecular complexity index is 5010. The van der Waals surface area contributed by atoms with Crippen LogP contribution in [-0.4, -0.2) is 214 Å². The number of carboxylic acid groups (broad SMARTS) is 1. The minimum atomic E-state index is -1.16. The third kappa shape index (κ3) is 32.2. The van der Waals surface area contributed by atoms with Gasteiger partial charge >= 0.3 is 36.1 Å². The van der Waals surface area contributed by atoms with Crippen molar-refractivity contribution < 1.29 is 92.1 Å². The smallest absolute Gasteiger partial charge is 0.412 e. The number of hydrogen-bond donors (Lipinski definition) is 6. The molecule has 6 N–H and O–H groups in total. The van der Waals surface area contributed by atoms with E-state index in [0.29, 0.717) is 122 Å². The minimum Gasteiger partial charge on any atom is -0.478 e. The first-order valence-corrected chi connectivity index (χ1v) is 50.3. The number of nitrogens with one attached hydrogen (secondary N) is 2. The van der Waals surface area contributed by atoms with Crippen LogP contribution in [0.5, 0.6) is 0 Å². The van der Waals surface area contributed by atoms with Crippen LogP contribution in [0.1, 0.15) is 287 Å². The van der Waals surface area contributed by atoms with Crippen molar-refractivity contribution in [3.05, 3.63) is 218 Å². The molecule has 3 aliphatic carbocycles. The number of piperidine rings is 5. The van der Waals surface area contributed by atoms with E-state index in [1.165, 1.54) is 56.4 Å². The number of carboxylic acids is 1. The fourth-order valence-corrected chi connectivity index (χ4v) is 20.5. The normalized spacial score (nSPS) is 18.3. The first kappa shape index (κ1) is 106. The van der Waals surface area contributed by atoms with Gasteiger partial charge in [0.15, 0.2) is 5.78 Å². The zero-order valence-electron chi connectivity index (χ0n) is 81.5. The Balaban J connectivity index is 0.000000170. The molecule has 26 heteroatoms. The van der Waals surface area contributed by atoms with Crippen LogP contribution in [-0.2, 0) is 76.6 Å². The van der Waals surface area contributed by atoms with E-state index in [2.05, 4.69) is 15.4 Å². The van der Waals surface area contributed by atoms with Crippen molar-refractivity contribution in [3.8, 4) is 10.4 Å². The highest BCUT2D eigenvalue weighted by Crippen LogP contribution is 2.38. The van der Waals surface area contributed by atoms with Crippen molar-refractivity contribution in [3.63, 3.8) is 0 Å². The number of aliphatic hydroxyl groups is 3. The van der Waals surface area contributed by atoms with Gasteiger partial charge in [-0.05, 0) is 330 Å². The molecule has 6 heterocycles. The van der Waals surface area contributed by atoms with Crippen LogP contribution < -0.4 is 10.6 Å². The van der Waals surface area contributed by atoms with E-state index >= 15 is 0 Å². The first-order valence-electron chi connectivity index (χ1n) is 49.4. The van der Waals surface area contributed by atoms with Crippen molar-refractivity contribution >= 4 is 76.6 Å². The number of esters is 3. The first-order chi connectivity index (χ1) is 65.1. The van der Waals surface area contributed by atoms with E-state index in [9.17, 15) is 63.3 Å². The largest absolute Gasteiger partial charge is 0.478 e. The van der Waals surface area contributed by atoms with Crippen molar-refractivity contribution in [1.29, 1.82) is 0 Å². The summed E-state index contributed by atoms with van der Waals surface area (Å²) in [5.41, 5.74) is 6.52. The number of amides is 5. The van der Waals surface area contributed by atoms with Gasteiger partial charge in [-0.25, -0.2) is 28.8 Å². The Morgan fingerprint density at radius 2 is 0.699 bits per heavy atom. The molecule has 3 saturated carbocycles. The topological polar surface area (TPSA) is 335 Å². The molecule has 8 fully saturated rings. The molecule has 0 radical (unpaired) electrons. The molecule has 0 atom stereocenters. The molecule has 5 aliphatic heterocycles. The maximum Gasteiger partial charge on any atom is 0.412 e. The van der Waals surface area contributed by atoms with Gasteiger partial charge in [-0.2, -0.15) is 0 Å². The lowest BCUT2D eigenvalue weighted by Crippen LogP contribution is -2.52. The molecule has 136 heavy (non-hydrogen) atoms. The SMILES string of the molecule is CC(C)(C)OC(=O)Nc1ccc(-c2cccs2)cc1CC(=O)c1ccc(CC2CCN(C(=O)C3(O)CCCCC3)CC2)cc1.COC(=O)c1ccc(CC2CCN(C(=O)C3(O)CCCCC3)CC2)cc1.COC(=O)c1ccc(CC2CCN(C(=O)OC(C)(C)C)CC2)cc1.COC(=O)c1ccc(CC2CCNCC2)cc1.O=C(O)c1ccc(CC2CCN(C(=O)C3(O)CCCCC3)CC2)cc1. The summed E-state index contributed by atoms with van der Waals surface area (Å²) in [6.45, 7) is 19.1. The molecule has 25 nitrogen and oxygen atoms in total. The van der Waals surface area contributed by atoms with Gasteiger partial charge < -0.3 is 69.0 Å². The van der Waals surface area contributed by atoms with Crippen molar-refractivity contribution in [2.24, 2.45) is 29.6 Å². The number of methoxy groups -OCH3 is 3. The second kappa shape index (κ2) is 50.6. The minimum absolute atomic E-state index is 0.0282. The average Bonchev–Trinajstić information content (AvgIpc) is 0.865. The molecule has 0 spiro atoms. The second-order valence-corrected chi connectivity index (χ2v) is 41.4. The average molecular weight is 1890 g/mol. The van der Waals surface area contributed by atoms with Gasteiger partial charge in [-0.3, -0.25) is 24.5 Å². The van der Waals surface area contributed by atoms with Gasteiger partial charge in [0, 0.05) is 74.9 Å². The zero-order valence-corrected chi connectivity index (χ0v) is 82.3. The van der Waals surface area contributed by atoms with Gasteiger partial charge in [-0.15, -0.1) is 11.3 Å². The summed E-state index contributed by atoms with van der Waals surface area (Å²) in [5, 5.41) is 49.3. The van der Waals surface area contributed by atoms with E-state index in [4.69, 9.17) is 24.1 Å². The van der Waals surface area contributed by atoms with Crippen molar-refractivity contribution in [1.82, 2.24) is 24.9 Å². The maximum absolute atomic E-state index is 13.4. The Morgan fingerprint density at radius 1 is 0.390 bits per heavy atom. The van der Waals surface area contributed by atoms with Gasteiger partial charge in [0.1, 0.15) is 28.0 Å². The van der Waals surface area contributed by atoms with Crippen molar-refractivity contribution in [2.45, 2.75) is 269 Å². The van der Waals surface area contributed by atoms with Crippen LogP contribution in [0.3, 0.4) is 0 Å². The molecule has 6 aromatic carbocycles. The Labute approximate surface area is 807 Å². The lowest BCUT2D eigenvalue weighted by Gasteiger charge is -2.39. The summed E-state index contributed by atoms with van der Waals surface area (Å²) in [6, 6.07) is 47.6. The number of benzene rings is 6. The molecule has 0 unspecified atom stereocenters. The number of anilines is 1. The molecular formula is C110H146N6O19S. The number of hydrogen-bond acceptors (Lipinski definition) is 20. The number of aromatic carboxylic acids is 1. The van der Waals surface area contributed by atoms with E-state index in [0.717, 1.165) is 208 Å². The molecule has 8 aliphatic rings. The predicted octanol–water partition coefficient (Wildman–Crippen LogP) is 19.2. The maximum atomic E-state index is 13.4. The van der Waals surface area contributed by atoms with Crippen LogP contribution in [0.2, 0.25) is 0 Å². The van der Waals surface area contributed by atoms with Crippen LogP contribution in [0.25, 0.3) is 10.4 Å². The molecule has 5 saturated heterocycles. The molecule has 0 bridgehead atoms. The summed E-state index contributed by atoms with van der Waals surface area (Å²) in [4.78, 5) is 130. The Morgan fingerprint density at radius 3 is 1.00 bits per heavy atom. The third-order valence-electron chi connectivity index (χ3n) is 27.8. The summed E-state index contributed by atoms with van der Waals surface area (Å²) in [7, 11) is 4.18. The number of thiophene rings is 1. The van der Waals surface area contributed by atoms with Crippen LogP contribution in [0.4, 0.5) is 15.3 Å². The van der Waals surface area contributed by atoms with Gasteiger partial charge in [-0.1, -0.05) is 143 Å². The lowest BCUT2D eigenvalue weighted by atomic mass is 9.82. The van der Waals surface area contributed by atoms with E-state index < -0.39 is 40.1 Å². The second-order valence-electron chi connectivity index (χ2n) is 40.4. The number of rotatable bonds is 22. The summed E-state index contributed by atoms with van der Waals surface area (Å²) in [5.74, 6) is 0.785. The third-order valence-corrected chi connectivity index (χ3v) is 28.7. The highest BCUT2D eigenvalue weighted by molar-refractivity contribution is 7.13. The molecule has 736 valence electrons. The van der Waals surface area contributed by atoms with Gasteiger partial charge in [0.05, 0.1) is 43.6 Å². The van der Waals surface area contributed by atoms with Gasteiger partial charge in [0.25, 0.3) is 17.7 Å². The van der Waals surface area contributed by atoms with Crippen LogP contribution in [0, 0.1) is 29.6 Å². The number of likely N-dealkylation sites (tertiary alicyclic amines) is 4. The summed E-state index contributed by atoms with van der Waals surface area (Å²) in [6.07, 6.45) is 26.7. The predicted molar refractivity (Wildman–Crippen MR) is 527 cm³/mol. The van der Waals surface area contributed by atoms with E-state index in [-0.39, 0.29) is 53.9 Å². The van der Waals surface area contributed by atoms with E-state index in [1.807, 2.05) is 177 Å². The number of carbonyl (C=O) groups is 10. The molecule has 7 aromatic rings. The number of nitrogens with zero attached hydrogens (tertiary/aromatic N) is 4. The monoisotopic (exact) mass is 1890 g/mol.